The quantitative estimate of drug-likeness (QED) is 0.683. The molecule has 0 bridgehead atoms. The normalized spacial score (nSPS) is 9.31. The number of rotatable bonds is 3. The van der Waals surface area contributed by atoms with Gasteiger partial charge in [0.05, 0.1) is 13.3 Å². The van der Waals surface area contributed by atoms with Crippen molar-refractivity contribution in [3.05, 3.63) is 11.8 Å². The third-order valence-electron chi connectivity index (χ3n) is 1.40. The monoisotopic (exact) mass is 195 g/mol. The van der Waals surface area contributed by atoms with E-state index in [4.69, 9.17) is 10.00 Å². The lowest BCUT2D eigenvalue weighted by Gasteiger charge is -2.03. The van der Waals surface area contributed by atoms with Gasteiger partial charge < -0.3 is 4.74 Å². The summed E-state index contributed by atoms with van der Waals surface area (Å²) in [6, 6.07) is 2.05. The first-order valence-electron chi connectivity index (χ1n) is 3.76. The van der Waals surface area contributed by atoms with Gasteiger partial charge in [0.25, 0.3) is 0 Å². The van der Waals surface area contributed by atoms with Crippen LogP contribution in [0.5, 0.6) is 5.75 Å². The molecule has 0 aromatic carbocycles. The SMILES string of the molecule is CCSc1nncc(OC)c1C#N. The van der Waals surface area contributed by atoms with E-state index >= 15 is 0 Å². The lowest BCUT2D eigenvalue weighted by Crippen LogP contribution is -1.95. The minimum Gasteiger partial charge on any atom is -0.494 e. The molecule has 0 spiro atoms. The topological polar surface area (TPSA) is 58.8 Å². The zero-order valence-corrected chi connectivity index (χ0v) is 8.26. The van der Waals surface area contributed by atoms with Gasteiger partial charge in [0.15, 0.2) is 5.75 Å². The third-order valence-corrected chi connectivity index (χ3v) is 2.24. The van der Waals surface area contributed by atoms with Gasteiger partial charge in [0.1, 0.15) is 16.7 Å². The fourth-order valence-corrected chi connectivity index (χ4v) is 1.52. The fraction of sp³-hybridized carbons (Fsp3) is 0.375. The number of nitriles is 1. The van der Waals surface area contributed by atoms with Crippen molar-refractivity contribution < 1.29 is 4.74 Å². The van der Waals surface area contributed by atoms with Crippen molar-refractivity contribution in [1.82, 2.24) is 10.2 Å². The van der Waals surface area contributed by atoms with Gasteiger partial charge in [0, 0.05) is 0 Å². The molecule has 4 nitrogen and oxygen atoms in total. The Hall–Kier alpha value is -1.28. The fourth-order valence-electron chi connectivity index (χ4n) is 0.849. The molecule has 68 valence electrons. The molecule has 0 saturated carbocycles. The summed E-state index contributed by atoms with van der Waals surface area (Å²) in [5, 5.41) is 17.1. The van der Waals surface area contributed by atoms with Crippen LogP contribution in [0.2, 0.25) is 0 Å². The highest BCUT2D eigenvalue weighted by atomic mass is 32.2. The first-order chi connectivity index (χ1) is 6.33. The molecule has 0 aliphatic heterocycles. The summed E-state index contributed by atoms with van der Waals surface area (Å²) in [7, 11) is 1.51. The first-order valence-corrected chi connectivity index (χ1v) is 4.74. The molecule has 1 aromatic heterocycles. The average Bonchev–Trinajstić information content (AvgIpc) is 2.18. The third kappa shape index (κ3) is 2.10. The minimum absolute atomic E-state index is 0.462. The summed E-state index contributed by atoms with van der Waals surface area (Å²) in [6.07, 6.45) is 1.44. The average molecular weight is 195 g/mol. The maximum atomic E-state index is 8.85. The van der Waals surface area contributed by atoms with E-state index in [1.165, 1.54) is 25.1 Å². The number of thioether (sulfide) groups is 1. The molecule has 1 heterocycles. The van der Waals surface area contributed by atoms with E-state index in [0.29, 0.717) is 16.3 Å². The van der Waals surface area contributed by atoms with Crippen molar-refractivity contribution in [1.29, 1.82) is 5.26 Å². The van der Waals surface area contributed by atoms with Crippen molar-refractivity contribution in [2.75, 3.05) is 12.9 Å². The maximum absolute atomic E-state index is 8.85. The van der Waals surface area contributed by atoms with Crippen LogP contribution in [-0.2, 0) is 0 Å². The van der Waals surface area contributed by atoms with Crippen LogP contribution in [0, 0.1) is 11.3 Å². The lowest BCUT2D eigenvalue weighted by atomic mass is 10.3. The Labute approximate surface area is 80.9 Å². The molecule has 0 aliphatic rings. The molecular formula is C8H9N3OS. The summed E-state index contributed by atoms with van der Waals surface area (Å²) in [5.74, 6) is 1.34. The highest BCUT2D eigenvalue weighted by Crippen LogP contribution is 2.25. The zero-order valence-electron chi connectivity index (χ0n) is 7.44. The Morgan fingerprint density at radius 3 is 3.00 bits per heavy atom. The smallest absolute Gasteiger partial charge is 0.159 e. The molecule has 0 saturated heterocycles. The van der Waals surface area contributed by atoms with Gasteiger partial charge in [-0.25, -0.2) is 0 Å². The van der Waals surface area contributed by atoms with Gasteiger partial charge in [-0.05, 0) is 5.75 Å². The molecule has 13 heavy (non-hydrogen) atoms. The van der Waals surface area contributed by atoms with Gasteiger partial charge in [-0.15, -0.1) is 16.9 Å². The van der Waals surface area contributed by atoms with Gasteiger partial charge in [-0.2, -0.15) is 10.4 Å². The zero-order chi connectivity index (χ0) is 9.68. The summed E-state index contributed by atoms with van der Waals surface area (Å²) >= 11 is 1.48. The predicted molar refractivity (Wildman–Crippen MR) is 49.7 cm³/mol. The Morgan fingerprint density at radius 2 is 2.46 bits per heavy atom. The minimum atomic E-state index is 0.462. The highest BCUT2D eigenvalue weighted by Gasteiger charge is 2.10. The van der Waals surface area contributed by atoms with E-state index in [1.54, 1.807) is 0 Å². The Kier molecular flexibility index (Phi) is 3.53. The molecule has 0 radical (unpaired) electrons. The Morgan fingerprint density at radius 1 is 1.69 bits per heavy atom. The van der Waals surface area contributed by atoms with E-state index in [-0.39, 0.29) is 0 Å². The van der Waals surface area contributed by atoms with Crippen molar-refractivity contribution in [2.45, 2.75) is 11.9 Å². The summed E-state index contributed by atoms with van der Waals surface area (Å²) in [5.41, 5.74) is 0.462. The second-order valence-electron chi connectivity index (χ2n) is 2.14. The lowest BCUT2D eigenvalue weighted by molar-refractivity contribution is 0.408. The predicted octanol–water partition coefficient (Wildman–Crippen LogP) is 1.47. The van der Waals surface area contributed by atoms with Gasteiger partial charge >= 0.3 is 0 Å². The Balaban J connectivity index is 3.13. The van der Waals surface area contributed by atoms with Crippen molar-refractivity contribution in [3.8, 4) is 11.8 Å². The van der Waals surface area contributed by atoms with E-state index in [1.807, 2.05) is 6.92 Å². The molecule has 0 aliphatic carbocycles. The van der Waals surface area contributed by atoms with E-state index < -0.39 is 0 Å². The second kappa shape index (κ2) is 4.67. The van der Waals surface area contributed by atoms with Gasteiger partial charge in [-0.3, -0.25) is 0 Å². The van der Waals surface area contributed by atoms with Crippen LogP contribution in [0.3, 0.4) is 0 Å². The molecule has 1 rings (SSSR count). The number of methoxy groups -OCH3 is 1. The molecular weight excluding hydrogens is 186 g/mol. The van der Waals surface area contributed by atoms with Crippen LogP contribution in [0.4, 0.5) is 0 Å². The summed E-state index contributed by atoms with van der Waals surface area (Å²) < 4.78 is 4.98. The number of aromatic nitrogens is 2. The van der Waals surface area contributed by atoms with Crippen molar-refractivity contribution in [2.24, 2.45) is 0 Å². The van der Waals surface area contributed by atoms with Crippen LogP contribution in [-0.4, -0.2) is 23.1 Å². The van der Waals surface area contributed by atoms with Crippen LogP contribution in [0.1, 0.15) is 12.5 Å². The summed E-state index contributed by atoms with van der Waals surface area (Å²) in [4.78, 5) is 0. The van der Waals surface area contributed by atoms with E-state index in [2.05, 4.69) is 16.3 Å². The van der Waals surface area contributed by atoms with Gasteiger partial charge in [0.2, 0.25) is 0 Å². The van der Waals surface area contributed by atoms with Crippen LogP contribution in [0.15, 0.2) is 11.2 Å². The Bertz CT molecular complexity index is 335. The second-order valence-corrected chi connectivity index (χ2v) is 3.39. The molecule has 0 atom stereocenters. The van der Waals surface area contributed by atoms with Crippen molar-refractivity contribution in [3.63, 3.8) is 0 Å². The molecule has 0 amide bonds. The first kappa shape index (κ1) is 9.81. The highest BCUT2D eigenvalue weighted by molar-refractivity contribution is 7.99. The van der Waals surface area contributed by atoms with Crippen LogP contribution in [0.25, 0.3) is 0 Å². The van der Waals surface area contributed by atoms with Crippen molar-refractivity contribution >= 4 is 11.8 Å². The molecule has 5 heteroatoms. The van der Waals surface area contributed by atoms with Gasteiger partial charge in [-0.1, -0.05) is 6.92 Å². The number of nitrogens with zero attached hydrogens (tertiary/aromatic N) is 3. The molecule has 0 unspecified atom stereocenters. The molecule has 0 fully saturated rings. The van der Waals surface area contributed by atoms with Crippen LogP contribution < -0.4 is 4.74 Å². The largest absolute Gasteiger partial charge is 0.494 e. The number of ether oxygens (including phenoxy) is 1. The number of hydrogen-bond acceptors (Lipinski definition) is 5. The van der Waals surface area contributed by atoms with Crippen LogP contribution >= 0.6 is 11.8 Å². The maximum Gasteiger partial charge on any atom is 0.159 e. The molecule has 1 aromatic rings. The van der Waals surface area contributed by atoms with E-state index in [0.717, 1.165) is 5.75 Å². The standard InChI is InChI=1S/C8H9N3OS/c1-3-13-8-6(4-9)7(12-2)5-10-11-8/h5H,3H2,1-2H3. The van der Waals surface area contributed by atoms with E-state index in [9.17, 15) is 0 Å². The molecule has 0 N–H and O–H groups in total. The number of hydrogen-bond donors (Lipinski definition) is 0. The summed E-state index contributed by atoms with van der Waals surface area (Å²) in [6.45, 7) is 1.99.